The highest BCUT2D eigenvalue weighted by Crippen LogP contribution is 2.25. The number of pyridine rings is 1. The minimum atomic E-state index is -0.862. The van der Waals surface area contributed by atoms with E-state index in [1.165, 1.54) is 12.1 Å². The summed E-state index contributed by atoms with van der Waals surface area (Å²) in [6.07, 6.45) is 3.48. The van der Waals surface area contributed by atoms with E-state index in [-0.39, 0.29) is 30.6 Å². The predicted molar refractivity (Wildman–Crippen MR) is 132 cm³/mol. The lowest BCUT2D eigenvalue weighted by molar-refractivity contribution is -0.141. The summed E-state index contributed by atoms with van der Waals surface area (Å²) in [5.74, 6) is -0.851. The molecule has 0 saturated heterocycles. The van der Waals surface area contributed by atoms with Crippen LogP contribution >= 0.6 is 0 Å². The van der Waals surface area contributed by atoms with Crippen LogP contribution in [-0.2, 0) is 29.1 Å². The summed E-state index contributed by atoms with van der Waals surface area (Å²) in [5, 5.41) is 2.97. The molecule has 3 aromatic carbocycles. The monoisotopic (exact) mass is 467 g/mol. The molecule has 4 aromatic rings. The summed E-state index contributed by atoms with van der Waals surface area (Å²) in [4.78, 5) is 32.8. The predicted octanol–water partition coefficient (Wildman–Crippen LogP) is 4.85. The van der Waals surface area contributed by atoms with Crippen molar-refractivity contribution < 1.29 is 14.0 Å². The minimum Gasteiger partial charge on any atom is -0.350 e. The maximum atomic E-state index is 13.6. The fourth-order valence-electron chi connectivity index (χ4n) is 3.88. The van der Waals surface area contributed by atoms with E-state index < -0.39 is 6.04 Å². The van der Waals surface area contributed by atoms with Gasteiger partial charge < -0.3 is 10.2 Å². The third kappa shape index (κ3) is 6.60. The van der Waals surface area contributed by atoms with Crippen LogP contribution in [0.15, 0.2) is 109 Å². The molecule has 0 saturated carbocycles. The van der Waals surface area contributed by atoms with Crippen molar-refractivity contribution in [3.05, 3.63) is 138 Å². The lowest BCUT2D eigenvalue weighted by atomic mass is 10.0. The van der Waals surface area contributed by atoms with Crippen molar-refractivity contribution >= 4 is 11.8 Å². The first-order valence-corrected chi connectivity index (χ1v) is 11.4. The fourth-order valence-corrected chi connectivity index (χ4v) is 3.88. The number of benzene rings is 3. The van der Waals surface area contributed by atoms with Gasteiger partial charge >= 0.3 is 0 Å². The van der Waals surface area contributed by atoms with Gasteiger partial charge in [-0.05, 0) is 46.5 Å². The first-order chi connectivity index (χ1) is 17.1. The van der Waals surface area contributed by atoms with Crippen LogP contribution < -0.4 is 5.32 Å². The minimum absolute atomic E-state index is 0.142. The number of rotatable bonds is 9. The Labute approximate surface area is 204 Å². The number of nitrogens with one attached hydrogen (secondary N) is 1. The van der Waals surface area contributed by atoms with Gasteiger partial charge in [-0.25, -0.2) is 4.39 Å². The second kappa shape index (κ2) is 11.7. The number of amides is 2. The Bertz CT molecular complexity index is 1230. The number of nitrogens with zero attached hydrogens (tertiary/aromatic N) is 2. The molecule has 176 valence electrons. The molecule has 0 spiro atoms. The van der Waals surface area contributed by atoms with Crippen LogP contribution in [0.3, 0.4) is 0 Å². The second-order valence-corrected chi connectivity index (χ2v) is 8.20. The maximum absolute atomic E-state index is 13.6. The highest BCUT2D eigenvalue weighted by Gasteiger charge is 2.31. The summed E-state index contributed by atoms with van der Waals surface area (Å²) in [6, 6.07) is 27.4. The van der Waals surface area contributed by atoms with Crippen molar-refractivity contribution in [1.29, 1.82) is 0 Å². The Balaban J connectivity index is 1.66. The van der Waals surface area contributed by atoms with Crippen LogP contribution in [0.1, 0.15) is 28.3 Å². The Kier molecular flexibility index (Phi) is 7.96. The van der Waals surface area contributed by atoms with E-state index in [1.807, 2.05) is 72.8 Å². The van der Waals surface area contributed by atoms with Crippen LogP contribution in [0.5, 0.6) is 0 Å². The second-order valence-electron chi connectivity index (χ2n) is 8.20. The molecule has 2 amide bonds. The van der Waals surface area contributed by atoms with E-state index in [2.05, 4.69) is 10.3 Å². The highest BCUT2D eigenvalue weighted by molar-refractivity contribution is 5.89. The summed E-state index contributed by atoms with van der Waals surface area (Å²) in [5.41, 5.74) is 3.19. The van der Waals surface area contributed by atoms with Crippen molar-refractivity contribution in [3.63, 3.8) is 0 Å². The van der Waals surface area contributed by atoms with Crippen molar-refractivity contribution in [3.8, 4) is 0 Å². The molecule has 0 radical (unpaired) electrons. The molecule has 0 fully saturated rings. The van der Waals surface area contributed by atoms with E-state index >= 15 is 0 Å². The third-order valence-corrected chi connectivity index (χ3v) is 5.68. The van der Waals surface area contributed by atoms with Gasteiger partial charge in [-0.3, -0.25) is 14.6 Å². The Hall–Kier alpha value is -4.32. The summed E-state index contributed by atoms with van der Waals surface area (Å²) in [6.45, 7) is 0.468. The zero-order chi connectivity index (χ0) is 24.5. The van der Waals surface area contributed by atoms with Gasteiger partial charge in [-0.1, -0.05) is 72.8 Å². The molecule has 0 bridgehead atoms. The normalized spacial score (nSPS) is 11.5. The standard InChI is InChI=1S/C29H26FN3O2/c30-26-13-11-24(12-14-26)21-33(27(34)19-22-7-3-1-4-8-22)28(25-9-5-2-6-10-25)29(35)32-20-23-15-17-31-18-16-23/h1-18,28H,19-21H2,(H,32,35). The Morgan fingerprint density at radius 1 is 0.771 bits per heavy atom. The van der Waals surface area contributed by atoms with Crippen molar-refractivity contribution in [2.24, 2.45) is 0 Å². The number of carbonyl (C=O) groups is 2. The molecular weight excluding hydrogens is 441 g/mol. The van der Waals surface area contributed by atoms with E-state index in [1.54, 1.807) is 29.4 Å². The first kappa shape index (κ1) is 23.8. The number of hydrogen-bond acceptors (Lipinski definition) is 3. The van der Waals surface area contributed by atoms with Crippen LogP contribution in [0.25, 0.3) is 0 Å². The average molecular weight is 468 g/mol. The molecule has 0 aliphatic heterocycles. The first-order valence-electron chi connectivity index (χ1n) is 11.4. The number of halogens is 1. The molecule has 6 heteroatoms. The smallest absolute Gasteiger partial charge is 0.247 e. The van der Waals surface area contributed by atoms with E-state index in [0.29, 0.717) is 12.1 Å². The number of aromatic nitrogens is 1. The Morgan fingerprint density at radius 2 is 1.40 bits per heavy atom. The number of carbonyl (C=O) groups excluding carboxylic acids is 2. The molecule has 1 atom stereocenters. The summed E-state index contributed by atoms with van der Waals surface area (Å²) in [7, 11) is 0. The lowest BCUT2D eigenvalue weighted by Gasteiger charge is -2.32. The molecule has 1 N–H and O–H groups in total. The molecule has 0 aliphatic carbocycles. The van der Waals surface area contributed by atoms with E-state index in [0.717, 1.165) is 16.7 Å². The number of hydrogen-bond donors (Lipinski definition) is 1. The zero-order valence-corrected chi connectivity index (χ0v) is 19.2. The maximum Gasteiger partial charge on any atom is 0.247 e. The van der Waals surface area contributed by atoms with E-state index in [4.69, 9.17) is 0 Å². The summed E-state index contributed by atoms with van der Waals surface area (Å²) >= 11 is 0. The molecule has 5 nitrogen and oxygen atoms in total. The van der Waals surface area contributed by atoms with Gasteiger partial charge in [0.15, 0.2) is 0 Å². The van der Waals surface area contributed by atoms with Gasteiger partial charge in [-0.2, -0.15) is 0 Å². The van der Waals surface area contributed by atoms with Crippen molar-refractivity contribution in [1.82, 2.24) is 15.2 Å². The Morgan fingerprint density at radius 3 is 2.06 bits per heavy atom. The lowest BCUT2D eigenvalue weighted by Crippen LogP contribution is -2.43. The van der Waals surface area contributed by atoms with Gasteiger partial charge in [-0.15, -0.1) is 0 Å². The average Bonchev–Trinajstić information content (AvgIpc) is 2.90. The highest BCUT2D eigenvalue weighted by atomic mass is 19.1. The van der Waals surface area contributed by atoms with Gasteiger partial charge in [0.2, 0.25) is 11.8 Å². The molecule has 1 heterocycles. The zero-order valence-electron chi connectivity index (χ0n) is 19.2. The van der Waals surface area contributed by atoms with Crippen LogP contribution in [0.2, 0.25) is 0 Å². The van der Waals surface area contributed by atoms with Crippen LogP contribution in [0, 0.1) is 5.82 Å². The van der Waals surface area contributed by atoms with Gasteiger partial charge in [0.1, 0.15) is 11.9 Å². The molecule has 0 aliphatic rings. The van der Waals surface area contributed by atoms with Crippen LogP contribution in [-0.4, -0.2) is 21.7 Å². The van der Waals surface area contributed by atoms with Crippen molar-refractivity contribution in [2.45, 2.75) is 25.6 Å². The summed E-state index contributed by atoms with van der Waals surface area (Å²) < 4.78 is 13.5. The van der Waals surface area contributed by atoms with Crippen LogP contribution in [0.4, 0.5) is 4.39 Å². The SMILES string of the molecule is O=C(NCc1ccncc1)C(c1ccccc1)N(Cc1ccc(F)cc1)C(=O)Cc1ccccc1. The molecule has 1 aromatic heterocycles. The largest absolute Gasteiger partial charge is 0.350 e. The molecule has 1 unspecified atom stereocenters. The van der Waals surface area contributed by atoms with E-state index in [9.17, 15) is 14.0 Å². The van der Waals surface area contributed by atoms with Gasteiger partial charge in [0.05, 0.1) is 6.42 Å². The topological polar surface area (TPSA) is 62.3 Å². The molecule has 4 rings (SSSR count). The quantitative estimate of drug-likeness (QED) is 0.383. The van der Waals surface area contributed by atoms with Crippen molar-refractivity contribution in [2.75, 3.05) is 0 Å². The van der Waals surface area contributed by atoms with Gasteiger partial charge in [0, 0.05) is 25.5 Å². The third-order valence-electron chi connectivity index (χ3n) is 5.68. The molecule has 35 heavy (non-hydrogen) atoms. The molecular formula is C29H26FN3O2. The fraction of sp³-hybridized carbons (Fsp3) is 0.138. The van der Waals surface area contributed by atoms with Gasteiger partial charge in [0.25, 0.3) is 0 Å².